The molecule has 2 aromatic carbocycles. The normalized spacial score (nSPS) is 10.6. The molecule has 0 radical (unpaired) electrons. The van der Waals surface area contributed by atoms with E-state index in [1.54, 1.807) is 43.3 Å². The average molecular weight is 376 g/mol. The standard InChI is InChI=1S/C17H14F2N4O2S/c1-10-22-23-17(26-10)21-15(24)13-4-2-3-5-14(13)20-11-6-8-12(9-7-11)25-16(18)19/h2-9,16,20H,1H3,(H,21,23,24). The van der Waals surface area contributed by atoms with Crippen molar-refractivity contribution in [2.75, 3.05) is 10.6 Å². The summed E-state index contributed by atoms with van der Waals surface area (Å²) in [5.74, 6) is -0.273. The number of ether oxygens (including phenoxy) is 1. The fourth-order valence-corrected chi connectivity index (χ4v) is 2.76. The third-order valence-corrected chi connectivity index (χ3v) is 4.03. The fourth-order valence-electron chi connectivity index (χ4n) is 2.18. The highest BCUT2D eigenvalue weighted by molar-refractivity contribution is 7.15. The number of aromatic nitrogens is 2. The first-order valence-electron chi connectivity index (χ1n) is 7.53. The second-order valence-corrected chi connectivity index (χ2v) is 6.34. The minimum absolute atomic E-state index is 0.0585. The Kier molecular flexibility index (Phi) is 5.37. The van der Waals surface area contributed by atoms with Gasteiger partial charge in [-0.25, -0.2) is 0 Å². The Morgan fingerprint density at radius 2 is 1.85 bits per heavy atom. The second kappa shape index (κ2) is 7.87. The number of halogens is 2. The van der Waals surface area contributed by atoms with Crippen molar-refractivity contribution in [3.63, 3.8) is 0 Å². The minimum Gasteiger partial charge on any atom is -0.435 e. The SMILES string of the molecule is Cc1nnc(NC(=O)c2ccccc2Nc2ccc(OC(F)F)cc2)s1. The number of alkyl halides is 2. The Hall–Kier alpha value is -3.07. The number of nitrogens with one attached hydrogen (secondary N) is 2. The number of anilines is 3. The Balaban J connectivity index is 1.75. The zero-order valence-electron chi connectivity index (χ0n) is 13.6. The van der Waals surface area contributed by atoms with Gasteiger partial charge in [-0.1, -0.05) is 23.5 Å². The number of nitrogens with zero attached hydrogens (tertiary/aromatic N) is 2. The van der Waals surface area contributed by atoms with E-state index in [0.717, 1.165) is 5.01 Å². The Labute approximate surface area is 151 Å². The van der Waals surface area contributed by atoms with Gasteiger partial charge in [-0.15, -0.1) is 10.2 Å². The third kappa shape index (κ3) is 4.51. The summed E-state index contributed by atoms with van der Waals surface area (Å²) in [6.07, 6.45) is 0. The van der Waals surface area contributed by atoms with E-state index in [1.807, 2.05) is 0 Å². The lowest BCUT2D eigenvalue weighted by Crippen LogP contribution is -2.13. The number of carbonyl (C=O) groups is 1. The number of hydrogen-bond donors (Lipinski definition) is 2. The minimum atomic E-state index is -2.87. The van der Waals surface area contributed by atoms with Gasteiger partial charge in [-0.05, 0) is 43.3 Å². The van der Waals surface area contributed by atoms with Crippen LogP contribution in [0.15, 0.2) is 48.5 Å². The highest BCUT2D eigenvalue weighted by atomic mass is 32.1. The molecule has 3 rings (SSSR count). The molecule has 0 fully saturated rings. The van der Waals surface area contributed by atoms with Crippen LogP contribution in [0.1, 0.15) is 15.4 Å². The third-order valence-electron chi connectivity index (χ3n) is 3.28. The molecule has 0 unspecified atom stereocenters. The van der Waals surface area contributed by atoms with Crippen LogP contribution in [0.2, 0.25) is 0 Å². The molecule has 0 aliphatic carbocycles. The van der Waals surface area contributed by atoms with Crippen molar-refractivity contribution in [2.24, 2.45) is 0 Å². The van der Waals surface area contributed by atoms with Crippen LogP contribution < -0.4 is 15.4 Å². The van der Waals surface area contributed by atoms with Crippen molar-refractivity contribution < 1.29 is 18.3 Å². The molecule has 1 amide bonds. The molecule has 9 heteroatoms. The van der Waals surface area contributed by atoms with Gasteiger partial charge >= 0.3 is 6.61 Å². The maximum Gasteiger partial charge on any atom is 0.387 e. The number of carbonyl (C=O) groups excluding carboxylic acids is 1. The highest BCUT2D eigenvalue weighted by Gasteiger charge is 2.13. The zero-order chi connectivity index (χ0) is 18.5. The van der Waals surface area contributed by atoms with Crippen molar-refractivity contribution in [3.8, 4) is 5.75 Å². The molecule has 0 atom stereocenters. The van der Waals surface area contributed by atoms with Crippen LogP contribution >= 0.6 is 11.3 Å². The predicted octanol–water partition coefficient (Wildman–Crippen LogP) is 4.44. The van der Waals surface area contributed by atoms with Gasteiger partial charge in [-0.3, -0.25) is 10.1 Å². The predicted molar refractivity (Wildman–Crippen MR) is 95.4 cm³/mol. The van der Waals surface area contributed by atoms with Crippen LogP contribution in [-0.2, 0) is 0 Å². The zero-order valence-corrected chi connectivity index (χ0v) is 14.4. The van der Waals surface area contributed by atoms with Gasteiger partial charge in [0.1, 0.15) is 10.8 Å². The Morgan fingerprint density at radius 3 is 2.50 bits per heavy atom. The highest BCUT2D eigenvalue weighted by Crippen LogP contribution is 2.25. The number of rotatable bonds is 6. The van der Waals surface area contributed by atoms with Crippen LogP contribution in [-0.4, -0.2) is 22.7 Å². The smallest absolute Gasteiger partial charge is 0.387 e. The molecule has 0 bridgehead atoms. The van der Waals surface area contributed by atoms with Gasteiger partial charge in [0.2, 0.25) is 5.13 Å². The first-order chi connectivity index (χ1) is 12.5. The lowest BCUT2D eigenvalue weighted by molar-refractivity contribution is -0.0498. The van der Waals surface area contributed by atoms with E-state index in [1.165, 1.54) is 23.5 Å². The van der Waals surface area contributed by atoms with Gasteiger partial charge in [0, 0.05) is 5.69 Å². The molecular weight excluding hydrogens is 362 g/mol. The van der Waals surface area contributed by atoms with E-state index in [0.29, 0.717) is 22.1 Å². The number of aryl methyl sites for hydroxylation is 1. The van der Waals surface area contributed by atoms with Gasteiger partial charge < -0.3 is 10.1 Å². The van der Waals surface area contributed by atoms with E-state index in [9.17, 15) is 13.6 Å². The van der Waals surface area contributed by atoms with E-state index in [2.05, 4.69) is 25.6 Å². The summed E-state index contributed by atoms with van der Waals surface area (Å²) in [7, 11) is 0. The van der Waals surface area contributed by atoms with E-state index < -0.39 is 6.61 Å². The topological polar surface area (TPSA) is 76.1 Å². The Morgan fingerprint density at radius 1 is 1.12 bits per heavy atom. The summed E-state index contributed by atoms with van der Waals surface area (Å²) in [6.45, 7) is -1.08. The first-order valence-corrected chi connectivity index (χ1v) is 8.35. The number of benzene rings is 2. The number of para-hydroxylation sites is 1. The summed E-state index contributed by atoms with van der Waals surface area (Å²) in [5.41, 5.74) is 1.60. The largest absolute Gasteiger partial charge is 0.435 e. The summed E-state index contributed by atoms with van der Waals surface area (Å²) >= 11 is 1.28. The molecule has 0 saturated heterocycles. The fraction of sp³-hybridized carbons (Fsp3) is 0.118. The van der Waals surface area contributed by atoms with Crippen LogP contribution in [0.5, 0.6) is 5.75 Å². The average Bonchev–Trinajstić information content (AvgIpc) is 3.01. The van der Waals surface area contributed by atoms with Crippen LogP contribution in [0.4, 0.5) is 25.3 Å². The molecule has 0 spiro atoms. The van der Waals surface area contributed by atoms with Crippen molar-refractivity contribution in [3.05, 3.63) is 59.1 Å². The van der Waals surface area contributed by atoms with E-state index in [-0.39, 0.29) is 11.7 Å². The quantitative estimate of drug-likeness (QED) is 0.665. The first kappa shape index (κ1) is 17.7. The monoisotopic (exact) mass is 376 g/mol. The summed E-state index contributed by atoms with van der Waals surface area (Å²) in [6, 6.07) is 12.9. The number of amides is 1. The van der Waals surface area contributed by atoms with Crippen molar-refractivity contribution in [1.82, 2.24) is 10.2 Å². The van der Waals surface area contributed by atoms with E-state index >= 15 is 0 Å². The summed E-state index contributed by atoms with van der Waals surface area (Å²) in [4.78, 5) is 12.5. The van der Waals surface area contributed by atoms with Crippen LogP contribution in [0.25, 0.3) is 0 Å². The molecule has 3 aromatic rings. The molecule has 2 N–H and O–H groups in total. The molecule has 1 heterocycles. The lowest BCUT2D eigenvalue weighted by Gasteiger charge is -2.12. The molecule has 134 valence electrons. The lowest BCUT2D eigenvalue weighted by atomic mass is 10.1. The van der Waals surface area contributed by atoms with Gasteiger partial charge in [0.15, 0.2) is 0 Å². The van der Waals surface area contributed by atoms with Gasteiger partial charge in [0.05, 0.1) is 11.3 Å². The molecule has 1 aromatic heterocycles. The van der Waals surface area contributed by atoms with Crippen LogP contribution in [0.3, 0.4) is 0 Å². The maximum absolute atomic E-state index is 12.5. The summed E-state index contributed by atoms with van der Waals surface area (Å²) < 4.78 is 28.7. The molecule has 26 heavy (non-hydrogen) atoms. The Bertz CT molecular complexity index is 900. The maximum atomic E-state index is 12.5. The van der Waals surface area contributed by atoms with Crippen molar-refractivity contribution >= 4 is 33.8 Å². The van der Waals surface area contributed by atoms with Gasteiger partial charge in [-0.2, -0.15) is 8.78 Å². The summed E-state index contributed by atoms with van der Waals surface area (Å²) in [5, 5.41) is 14.7. The van der Waals surface area contributed by atoms with Crippen molar-refractivity contribution in [2.45, 2.75) is 13.5 Å². The van der Waals surface area contributed by atoms with Gasteiger partial charge in [0.25, 0.3) is 5.91 Å². The number of hydrogen-bond acceptors (Lipinski definition) is 6. The van der Waals surface area contributed by atoms with Crippen LogP contribution in [0, 0.1) is 6.92 Å². The molecule has 6 nitrogen and oxygen atoms in total. The van der Waals surface area contributed by atoms with Crippen molar-refractivity contribution in [1.29, 1.82) is 0 Å². The molecule has 0 saturated carbocycles. The molecular formula is C17H14F2N4O2S. The molecule has 0 aliphatic heterocycles. The second-order valence-electron chi connectivity index (χ2n) is 5.15. The molecule has 0 aliphatic rings. The van der Waals surface area contributed by atoms with E-state index in [4.69, 9.17) is 0 Å².